The van der Waals surface area contributed by atoms with Gasteiger partial charge in [0.15, 0.2) is 0 Å². The minimum atomic E-state index is 0.286. The van der Waals surface area contributed by atoms with Crippen LogP contribution in [0.5, 0.6) is 0 Å². The van der Waals surface area contributed by atoms with Crippen LogP contribution in [0, 0.1) is 5.92 Å². The Hall–Kier alpha value is -0.570. The van der Waals surface area contributed by atoms with Crippen LogP contribution in [0.3, 0.4) is 0 Å². The van der Waals surface area contributed by atoms with E-state index in [4.69, 9.17) is 16.7 Å². The molecule has 1 aliphatic rings. The minimum Gasteiger partial charge on any atom is -0.396 e. The van der Waals surface area contributed by atoms with E-state index in [0.717, 1.165) is 18.0 Å². The van der Waals surface area contributed by atoms with Crippen molar-refractivity contribution >= 4 is 11.6 Å². The molecule has 1 aromatic carbocycles. The van der Waals surface area contributed by atoms with E-state index < -0.39 is 0 Å². The Bertz CT molecular complexity index is 325. The molecule has 3 heteroatoms. The van der Waals surface area contributed by atoms with Crippen LogP contribution < -0.4 is 0 Å². The third kappa shape index (κ3) is 2.33. The molecular weight excluding hydrogens is 210 g/mol. The van der Waals surface area contributed by atoms with E-state index >= 15 is 0 Å². The van der Waals surface area contributed by atoms with Gasteiger partial charge < -0.3 is 5.11 Å². The van der Waals surface area contributed by atoms with Gasteiger partial charge in [0.2, 0.25) is 0 Å². The molecule has 1 saturated heterocycles. The van der Waals surface area contributed by atoms with Crippen molar-refractivity contribution in [1.29, 1.82) is 0 Å². The highest BCUT2D eigenvalue weighted by atomic mass is 35.5. The second kappa shape index (κ2) is 4.52. The molecule has 1 fully saturated rings. The zero-order valence-electron chi connectivity index (χ0n) is 8.86. The number of hydrogen-bond donors (Lipinski definition) is 1. The third-order valence-corrected chi connectivity index (χ3v) is 3.40. The first kappa shape index (κ1) is 10.9. The summed E-state index contributed by atoms with van der Waals surface area (Å²) in [5.74, 6) is 0.413. The van der Waals surface area contributed by atoms with E-state index in [1.807, 2.05) is 12.1 Å². The molecule has 1 heterocycles. The third-order valence-electron chi connectivity index (χ3n) is 3.15. The Morgan fingerprint density at radius 1 is 1.40 bits per heavy atom. The number of hydrogen-bond acceptors (Lipinski definition) is 2. The molecule has 0 amide bonds. The van der Waals surface area contributed by atoms with Gasteiger partial charge in [-0.2, -0.15) is 0 Å². The lowest BCUT2D eigenvalue weighted by Crippen LogP contribution is -2.18. The normalized spacial score (nSPS) is 27.1. The van der Waals surface area contributed by atoms with Crippen LogP contribution in [0.25, 0.3) is 0 Å². The number of aliphatic hydroxyl groups is 1. The predicted molar refractivity (Wildman–Crippen MR) is 62.0 cm³/mol. The maximum atomic E-state index is 9.14. The van der Waals surface area contributed by atoms with Gasteiger partial charge in [0, 0.05) is 24.2 Å². The Morgan fingerprint density at radius 2 is 2.07 bits per heavy atom. The molecule has 0 radical (unpaired) electrons. The molecule has 1 N–H and O–H groups in total. The van der Waals surface area contributed by atoms with Gasteiger partial charge in [0.1, 0.15) is 0 Å². The van der Waals surface area contributed by atoms with Crippen LogP contribution in [-0.2, 0) is 0 Å². The van der Waals surface area contributed by atoms with Gasteiger partial charge in [-0.15, -0.1) is 0 Å². The summed E-state index contributed by atoms with van der Waals surface area (Å²) in [7, 11) is 2.11. The molecule has 2 rings (SSSR count). The molecule has 15 heavy (non-hydrogen) atoms. The van der Waals surface area contributed by atoms with Crippen molar-refractivity contribution < 1.29 is 5.11 Å². The van der Waals surface area contributed by atoms with E-state index in [9.17, 15) is 0 Å². The summed E-state index contributed by atoms with van der Waals surface area (Å²) in [4.78, 5) is 2.30. The smallest absolute Gasteiger partial charge is 0.0472 e. The summed E-state index contributed by atoms with van der Waals surface area (Å²) < 4.78 is 0. The van der Waals surface area contributed by atoms with E-state index in [2.05, 4.69) is 24.1 Å². The van der Waals surface area contributed by atoms with E-state index in [0.29, 0.717) is 12.0 Å². The van der Waals surface area contributed by atoms with Gasteiger partial charge >= 0.3 is 0 Å². The second-order valence-corrected chi connectivity index (χ2v) is 4.73. The van der Waals surface area contributed by atoms with Gasteiger partial charge in [-0.1, -0.05) is 23.7 Å². The van der Waals surface area contributed by atoms with Gasteiger partial charge in [-0.25, -0.2) is 0 Å². The lowest BCUT2D eigenvalue weighted by atomic mass is 10.0. The highest BCUT2D eigenvalue weighted by Crippen LogP contribution is 2.34. The lowest BCUT2D eigenvalue weighted by Gasteiger charge is -2.19. The fourth-order valence-electron chi connectivity index (χ4n) is 2.31. The summed E-state index contributed by atoms with van der Waals surface area (Å²) in [5.41, 5.74) is 1.29. The van der Waals surface area contributed by atoms with Crippen molar-refractivity contribution in [3.63, 3.8) is 0 Å². The van der Waals surface area contributed by atoms with Crippen molar-refractivity contribution in [2.24, 2.45) is 5.92 Å². The van der Waals surface area contributed by atoms with Crippen molar-refractivity contribution in [1.82, 2.24) is 4.90 Å². The molecule has 1 aliphatic heterocycles. The molecule has 0 unspecified atom stereocenters. The van der Waals surface area contributed by atoms with Crippen LogP contribution in [-0.4, -0.2) is 30.2 Å². The first-order valence-electron chi connectivity index (χ1n) is 5.27. The van der Waals surface area contributed by atoms with Gasteiger partial charge in [0.25, 0.3) is 0 Å². The molecule has 2 atom stereocenters. The van der Waals surface area contributed by atoms with Crippen LogP contribution in [0.1, 0.15) is 18.0 Å². The monoisotopic (exact) mass is 225 g/mol. The summed E-state index contributed by atoms with van der Waals surface area (Å²) in [6, 6.07) is 8.43. The number of nitrogens with zero attached hydrogens (tertiary/aromatic N) is 1. The Kier molecular flexibility index (Phi) is 3.29. The minimum absolute atomic E-state index is 0.286. The maximum absolute atomic E-state index is 9.14. The van der Waals surface area contributed by atoms with Crippen molar-refractivity contribution in [3.8, 4) is 0 Å². The average Bonchev–Trinajstić information content (AvgIpc) is 2.61. The van der Waals surface area contributed by atoms with Crippen molar-refractivity contribution in [3.05, 3.63) is 34.9 Å². The number of halogens is 1. The quantitative estimate of drug-likeness (QED) is 0.835. The molecule has 0 saturated carbocycles. The number of likely N-dealkylation sites (tertiary alicyclic amines) is 1. The lowest BCUT2D eigenvalue weighted by molar-refractivity contribution is 0.227. The van der Waals surface area contributed by atoms with Crippen LogP contribution >= 0.6 is 11.6 Å². The summed E-state index contributed by atoms with van der Waals surface area (Å²) in [6.45, 7) is 1.26. The second-order valence-electron chi connectivity index (χ2n) is 4.29. The molecule has 0 spiro atoms. The molecule has 0 aromatic heterocycles. The van der Waals surface area contributed by atoms with Gasteiger partial charge in [-0.3, -0.25) is 4.90 Å². The topological polar surface area (TPSA) is 23.5 Å². The molecule has 82 valence electrons. The number of rotatable bonds is 2. The van der Waals surface area contributed by atoms with Gasteiger partial charge in [0.05, 0.1) is 0 Å². The van der Waals surface area contributed by atoms with Crippen molar-refractivity contribution in [2.75, 3.05) is 20.2 Å². The number of benzene rings is 1. The summed E-state index contributed by atoms with van der Waals surface area (Å²) in [5, 5.41) is 9.92. The van der Waals surface area contributed by atoms with E-state index in [-0.39, 0.29) is 6.61 Å². The summed E-state index contributed by atoms with van der Waals surface area (Å²) >= 11 is 5.86. The Morgan fingerprint density at radius 3 is 2.60 bits per heavy atom. The summed E-state index contributed by atoms with van der Waals surface area (Å²) in [6.07, 6.45) is 1.04. The largest absolute Gasteiger partial charge is 0.396 e. The van der Waals surface area contributed by atoms with Gasteiger partial charge in [-0.05, 0) is 37.1 Å². The first-order chi connectivity index (χ1) is 7.20. The highest BCUT2D eigenvalue weighted by Gasteiger charge is 2.29. The zero-order valence-corrected chi connectivity index (χ0v) is 9.61. The van der Waals surface area contributed by atoms with Crippen LogP contribution in [0.15, 0.2) is 24.3 Å². The van der Waals surface area contributed by atoms with Crippen LogP contribution in [0.2, 0.25) is 5.02 Å². The molecule has 2 nitrogen and oxygen atoms in total. The standard InChI is InChI=1S/C12H16ClNO/c1-14-7-9(8-15)6-12(14)10-2-4-11(13)5-3-10/h2-5,9,12,15H,6-8H2,1H3/t9-,12-/m1/s1. The predicted octanol–water partition coefficient (Wildman–Crippen LogP) is 2.33. The molecule has 1 aromatic rings. The first-order valence-corrected chi connectivity index (χ1v) is 5.65. The zero-order chi connectivity index (χ0) is 10.8. The van der Waals surface area contributed by atoms with Crippen molar-refractivity contribution in [2.45, 2.75) is 12.5 Å². The highest BCUT2D eigenvalue weighted by molar-refractivity contribution is 6.30. The fraction of sp³-hybridized carbons (Fsp3) is 0.500. The van der Waals surface area contributed by atoms with Crippen LogP contribution in [0.4, 0.5) is 0 Å². The SMILES string of the molecule is CN1C[C@H](CO)C[C@@H]1c1ccc(Cl)cc1. The Balaban J connectivity index is 2.14. The van der Waals surface area contributed by atoms with E-state index in [1.165, 1.54) is 5.56 Å². The molecular formula is C12H16ClNO. The number of aliphatic hydroxyl groups excluding tert-OH is 1. The maximum Gasteiger partial charge on any atom is 0.0472 e. The van der Waals surface area contributed by atoms with E-state index in [1.54, 1.807) is 0 Å². The Labute approximate surface area is 95.5 Å². The molecule has 0 aliphatic carbocycles. The average molecular weight is 226 g/mol. The molecule has 0 bridgehead atoms. The fourth-order valence-corrected chi connectivity index (χ4v) is 2.44.